The highest BCUT2D eigenvalue weighted by atomic mass is 35.5. The van der Waals surface area contributed by atoms with Gasteiger partial charge in [0.05, 0.1) is 6.54 Å². The van der Waals surface area contributed by atoms with Gasteiger partial charge in [-0.1, -0.05) is 47.5 Å². The van der Waals surface area contributed by atoms with Crippen molar-refractivity contribution in [1.29, 1.82) is 0 Å². The number of anilines is 1. The summed E-state index contributed by atoms with van der Waals surface area (Å²) in [5.41, 5.74) is 4.38. The summed E-state index contributed by atoms with van der Waals surface area (Å²) in [7, 11) is 0. The molecule has 5 nitrogen and oxygen atoms in total. The minimum Gasteiger partial charge on any atom is -0.489 e. The van der Waals surface area contributed by atoms with Gasteiger partial charge in [-0.05, 0) is 60.9 Å². The van der Waals surface area contributed by atoms with Crippen LogP contribution in [0.5, 0.6) is 5.75 Å². The Hall–Kier alpha value is -3.64. The normalized spacial score (nSPS) is 10.8. The lowest BCUT2D eigenvalue weighted by molar-refractivity contribution is 0.102. The van der Waals surface area contributed by atoms with Gasteiger partial charge in [0.25, 0.3) is 5.91 Å². The zero-order valence-corrected chi connectivity index (χ0v) is 19.1. The molecule has 1 heterocycles. The molecule has 1 N–H and O–H groups in total. The summed E-state index contributed by atoms with van der Waals surface area (Å²) in [5, 5.41) is 7.49. The second-order valence-corrected chi connectivity index (χ2v) is 8.25. The van der Waals surface area contributed by atoms with Crippen LogP contribution in [0, 0.1) is 19.7 Å². The first kappa shape index (κ1) is 22.6. The smallest absolute Gasteiger partial charge is 0.256 e. The molecular formula is C26H23ClFN3O2. The van der Waals surface area contributed by atoms with Crippen LogP contribution in [0.15, 0.2) is 72.9 Å². The maximum absolute atomic E-state index is 13.2. The average molecular weight is 464 g/mol. The van der Waals surface area contributed by atoms with Gasteiger partial charge in [0.2, 0.25) is 0 Å². The molecule has 4 aromatic rings. The molecule has 3 aromatic carbocycles. The van der Waals surface area contributed by atoms with E-state index in [2.05, 4.69) is 16.5 Å². The maximum Gasteiger partial charge on any atom is 0.256 e. The molecule has 0 aliphatic heterocycles. The second-order valence-electron chi connectivity index (χ2n) is 7.85. The molecule has 33 heavy (non-hydrogen) atoms. The molecule has 1 aromatic heterocycles. The standard InChI is InChI=1S/C26H23ClFN3O2/c1-17-6-9-24(18(2)12-17)33-16-19-4-3-5-20(13-19)26(32)29-25-10-11-31(30-25)15-21-7-8-22(28)14-23(21)27/h3-14H,15-16H2,1-2H3,(H,29,30,32). The monoisotopic (exact) mass is 463 g/mol. The van der Waals surface area contributed by atoms with Crippen LogP contribution in [0.2, 0.25) is 5.02 Å². The van der Waals surface area contributed by atoms with Crippen molar-refractivity contribution in [2.45, 2.75) is 27.0 Å². The number of nitrogens with zero attached hydrogens (tertiary/aromatic N) is 2. The average Bonchev–Trinajstić information content (AvgIpc) is 3.22. The van der Waals surface area contributed by atoms with E-state index >= 15 is 0 Å². The minimum atomic E-state index is -0.390. The highest BCUT2D eigenvalue weighted by Crippen LogP contribution is 2.21. The third kappa shape index (κ3) is 5.79. The first-order valence-corrected chi connectivity index (χ1v) is 10.8. The Morgan fingerprint density at radius 2 is 1.94 bits per heavy atom. The summed E-state index contributed by atoms with van der Waals surface area (Å²) < 4.78 is 20.8. The third-order valence-corrected chi connectivity index (χ3v) is 5.50. The van der Waals surface area contributed by atoms with Gasteiger partial charge < -0.3 is 10.1 Å². The summed E-state index contributed by atoms with van der Waals surface area (Å²) in [5.74, 6) is 0.574. The van der Waals surface area contributed by atoms with Crippen molar-refractivity contribution >= 4 is 23.3 Å². The lowest BCUT2D eigenvalue weighted by Gasteiger charge is -2.11. The minimum absolute atomic E-state index is 0.270. The zero-order valence-electron chi connectivity index (χ0n) is 18.3. The summed E-state index contributed by atoms with van der Waals surface area (Å²) in [6.07, 6.45) is 1.73. The van der Waals surface area contributed by atoms with E-state index in [0.717, 1.165) is 22.4 Å². The number of amides is 1. The summed E-state index contributed by atoms with van der Waals surface area (Å²) in [6, 6.07) is 19.2. The van der Waals surface area contributed by atoms with Crippen LogP contribution in [-0.2, 0) is 13.2 Å². The van der Waals surface area contributed by atoms with Crippen molar-refractivity contribution in [2.75, 3.05) is 5.32 Å². The molecule has 0 bridgehead atoms. The molecule has 0 spiro atoms. The fraction of sp³-hybridized carbons (Fsp3) is 0.154. The van der Waals surface area contributed by atoms with Gasteiger partial charge in [-0.3, -0.25) is 9.48 Å². The number of halogens is 2. The van der Waals surface area contributed by atoms with Crippen LogP contribution >= 0.6 is 11.6 Å². The van der Waals surface area contributed by atoms with E-state index in [9.17, 15) is 9.18 Å². The van der Waals surface area contributed by atoms with Gasteiger partial charge in [0.1, 0.15) is 18.2 Å². The van der Waals surface area contributed by atoms with Crippen LogP contribution in [0.3, 0.4) is 0 Å². The van der Waals surface area contributed by atoms with E-state index in [1.54, 1.807) is 35.1 Å². The number of aromatic nitrogens is 2. The highest BCUT2D eigenvalue weighted by molar-refractivity contribution is 6.31. The summed E-state index contributed by atoms with van der Waals surface area (Å²) >= 11 is 6.08. The van der Waals surface area contributed by atoms with Gasteiger partial charge in [-0.25, -0.2) is 4.39 Å². The maximum atomic E-state index is 13.2. The molecular weight excluding hydrogens is 441 g/mol. The SMILES string of the molecule is Cc1ccc(OCc2cccc(C(=O)Nc3ccn(Cc4ccc(F)cc4Cl)n3)c2)c(C)c1. The Labute approximate surface area is 196 Å². The number of carbonyl (C=O) groups excluding carboxylic acids is 1. The molecule has 7 heteroatoms. The van der Waals surface area contributed by atoms with Crippen LogP contribution in [0.4, 0.5) is 10.2 Å². The summed E-state index contributed by atoms with van der Waals surface area (Å²) in [4.78, 5) is 12.7. The number of aryl methyl sites for hydroxylation is 2. The largest absolute Gasteiger partial charge is 0.489 e. The Bertz CT molecular complexity index is 1300. The number of benzene rings is 3. The molecule has 0 fully saturated rings. The predicted molar refractivity (Wildman–Crippen MR) is 127 cm³/mol. The molecule has 0 atom stereocenters. The third-order valence-electron chi connectivity index (χ3n) is 5.14. The van der Waals surface area contributed by atoms with Crippen molar-refractivity contribution in [1.82, 2.24) is 9.78 Å². The molecule has 4 rings (SSSR count). The van der Waals surface area contributed by atoms with Gasteiger partial charge in [0.15, 0.2) is 5.82 Å². The number of carbonyl (C=O) groups is 1. The number of rotatable bonds is 7. The second kappa shape index (κ2) is 9.88. The van der Waals surface area contributed by atoms with E-state index in [1.807, 2.05) is 38.1 Å². The van der Waals surface area contributed by atoms with Gasteiger partial charge in [-0.2, -0.15) is 5.10 Å². The molecule has 0 aliphatic carbocycles. The van der Waals surface area contributed by atoms with E-state index in [0.29, 0.717) is 29.6 Å². The molecule has 0 aliphatic rings. The number of ether oxygens (including phenoxy) is 1. The number of hydrogen-bond donors (Lipinski definition) is 1. The van der Waals surface area contributed by atoms with E-state index < -0.39 is 5.82 Å². The lowest BCUT2D eigenvalue weighted by atomic mass is 10.1. The van der Waals surface area contributed by atoms with Gasteiger partial charge in [0, 0.05) is 22.8 Å². The zero-order chi connectivity index (χ0) is 23.4. The van der Waals surface area contributed by atoms with E-state index in [1.165, 1.54) is 17.7 Å². The topological polar surface area (TPSA) is 56.1 Å². The number of nitrogens with one attached hydrogen (secondary N) is 1. The summed E-state index contributed by atoms with van der Waals surface area (Å²) in [6.45, 7) is 4.77. The van der Waals surface area contributed by atoms with Crippen LogP contribution < -0.4 is 10.1 Å². The fourth-order valence-electron chi connectivity index (χ4n) is 3.45. The molecule has 1 amide bonds. The van der Waals surface area contributed by atoms with Crippen LogP contribution in [0.25, 0.3) is 0 Å². The predicted octanol–water partition coefficient (Wildman–Crippen LogP) is 6.17. The van der Waals surface area contributed by atoms with Crippen LogP contribution in [0.1, 0.15) is 32.6 Å². The Balaban J connectivity index is 1.38. The van der Waals surface area contributed by atoms with E-state index in [4.69, 9.17) is 16.3 Å². The van der Waals surface area contributed by atoms with Crippen molar-refractivity contribution in [3.05, 3.63) is 112 Å². The van der Waals surface area contributed by atoms with Crippen molar-refractivity contribution in [3.8, 4) is 5.75 Å². The molecule has 0 saturated heterocycles. The molecule has 0 unspecified atom stereocenters. The Morgan fingerprint density at radius 3 is 2.73 bits per heavy atom. The fourth-order valence-corrected chi connectivity index (χ4v) is 3.68. The van der Waals surface area contributed by atoms with Crippen molar-refractivity contribution in [3.63, 3.8) is 0 Å². The van der Waals surface area contributed by atoms with Crippen molar-refractivity contribution in [2.24, 2.45) is 0 Å². The number of hydrogen-bond acceptors (Lipinski definition) is 3. The molecule has 168 valence electrons. The van der Waals surface area contributed by atoms with Crippen molar-refractivity contribution < 1.29 is 13.9 Å². The van der Waals surface area contributed by atoms with Gasteiger partial charge in [-0.15, -0.1) is 0 Å². The first-order chi connectivity index (χ1) is 15.9. The lowest BCUT2D eigenvalue weighted by Crippen LogP contribution is -2.13. The first-order valence-electron chi connectivity index (χ1n) is 10.4. The molecule has 0 saturated carbocycles. The van der Waals surface area contributed by atoms with Crippen LogP contribution in [-0.4, -0.2) is 15.7 Å². The molecule has 0 radical (unpaired) electrons. The Kier molecular flexibility index (Phi) is 6.75. The van der Waals surface area contributed by atoms with E-state index in [-0.39, 0.29) is 5.91 Å². The Morgan fingerprint density at radius 1 is 1.09 bits per heavy atom. The highest BCUT2D eigenvalue weighted by Gasteiger charge is 2.11. The van der Waals surface area contributed by atoms with Gasteiger partial charge >= 0.3 is 0 Å². The quantitative estimate of drug-likeness (QED) is 0.356.